The lowest BCUT2D eigenvalue weighted by atomic mass is 10.2. The highest BCUT2D eigenvalue weighted by Crippen LogP contribution is 2.05. The molecule has 0 bridgehead atoms. The molecule has 1 aromatic carbocycles. The topological polar surface area (TPSA) is 111 Å². The lowest BCUT2D eigenvalue weighted by Crippen LogP contribution is -2.34. The summed E-state index contributed by atoms with van der Waals surface area (Å²) in [5.41, 5.74) is -0.195. The molecule has 0 aromatic heterocycles. The molecule has 142 valence electrons. The third-order valence-corrected chi connectivity index (χ3v) is 3.06. The molecule has 1 rings (SSSR count). The molecule has 0 atom stereocenters. The molecular weight excluding hydrogens is 347 g/mol. The molecule has 0 radical (unpaired) electrons. The predicted molar refractivity (Wildman–Crippen MR) is 88.6 cm³/mol. The summed E-state index contributed by atoms with van der Waals surface area (Å²) < 4.78 is 22.8. The van der Waals surface area contributed by atoms with Crippen molar-refractivity contribution in [3.05, 3.63) is 35.6 Å². The first-order valence-electron chi connectivity index (χ1n) is 8.04. The van der Waals surface area contributed by atoms with E-state index >= 15 is 0 Å². The van der Waals surface area contributed by atoms with Crippen LogP contribution < -0.4 is 10.6 Å². The van der Waals surface area contributed by atoms with E-state index in [9.17, 15) is 23.6 Å². The van der Waals surface area contributed by atoms with Crippen LogP contribution in [0.15, 0.2) is 24.3 Å². The highest BCUT2D eigenvalue weighted by atomic mass is 19.1. The summed E-state index contributed by atoms with van der Waals surface area (Å²) in [7, 11) is 0. The Morgan fingerprint density at radius 1 is 1.04 bits per heavy atom. The van der Waals surface area contributed by atoms with Crippen molar-refractivity contribution >= 4 is 23.8 Å². The molecule has 0 aliphatic carbocycles. The molecule has 0 unspecified atom stereocenters. The SMILES string of the molecule is CCOC(=O)CCCNC(=O)COC(=O)CNC(=O)c1ccccc1F. The number of amides is 2. The third-order valence-electron chi connectivity index (χ3n) is 3.06. The summed E-state index contributed by atoms with van der Waals surface area (Å²) in [5.74, 6) is -3.19. The molecule has 0 aliphatic heterocycles. The number of carbonyl (C=O) groups excluding carboxylic acids is 4. The van der Waals surface area contributed by atoms with Gasteiger partial charge < -0.3 is 20.1 Å². The van der Waals surface area contributed by atoms with Crippen molar-refractivity contribution in [2.75, 3.05) is 26.3 Å². The van der Waals surface area contributed by atoms with Gasteiger partial charge in [-0.2, -0.15) is 0 Å². The van der Waals surface area contributed by atoms with Gasteiger partial charge in [0.05, 0.1) is 12.2 Å². The second-order valence-corrected chi connectivity index (χ2v) is 5.08. The summed E-state index contributed by atoms with van der Waals surface area (Å²) in [6.07, 6.45) is 0.577. The van der Waals surface area contributed by atoms with E-state index in [1.165, 1.54) is 18.2 Å². The van der Waals surface area contributed by atoms with Gasteiger partial charge in [-0.05, 0) is 25.5 Å². The van der Waals surface area contributed by atoms with Crippen molar-refractivity contribution in [3.8, 4) is 0 Å². The number of hydrogen-bond donors (Lipinski definition) is 2. The number of carbonyl (C=O) groups is 4. The van der Waals surface area contributed by atoms with Crippen molar-refractivity contribution < 1.29 is 33.0 Å². The van der Waals surface area contributed by atoms with Crippen LogP contribution in [0.25, 0.3) is 0 Å². The zero-order valence-corrected chi connectivity index (χ0v) is 14.4. The maximum Gasteiger partial charge on any atom is 0.325 e. The zero-order chi connectivity index (χ0) is 19.4. The molecule has 0 heterocycles. The Hall–Kier alpha value is -2.97. The van der Waals surface area contributed by atoms with Gasteiger partial charge in [0, 0.05) is 13.0 Å². The van der Waals surface area contributed by atoms with Crippen LogP contribution in [0.5, 0.6) is 0 Å². The lowest BCUT2D eigenvalue weighted by molar-refractivity contribution is -0.147. The Labute approximate surface area is 150 Å². The minimum absolute atomic E-state index is 0.177. The van der Waals surface area contributed by atoms with Crippen molar-refractivity contribution in [2.24, 2.45) is 0 Å². The van der Waals surface area contributed by atoms with Crippen LogP contribution in [-0.2, 0) is 23.9 Å². The number of nitrogens with one attached hydrogen (secondary N) is 2. The summed E-state index contributed by atoms with van der Waals surface area (Å²) in [4.78, 5) is 45.8. The molecule has 0 spiro atoms. The lowest BCUT2D eigenvalue weighted by Gasteiger charge is -2.08. The molecule has 26 heavy (non-hydrogen) atoms. The minimum atomic E-state index is -0.837. The summed E-state index contributed by atoms with van der Waals surface area (Å²) in [5, 5.41) is 4.68. The van der Waals surface area contributed by atoms with E-state index in [-0.39, 0.29) is 24.5 Å². The highest BCUT2D eigenvalue weighted by Gasteiger charge is 2.13. The molecule has 0 aliphatic rings. The van der Waals surface area contributed by atoms with Gasteiger partial charge in [0.25, 0.3) is 11.8 Å². The predicted octanol–water partition coefficient (Wildman–Crippen LogP) is 0.558. The van der Waals surface area contributed by atoms with Gasteiger partial charge in [0.2, 0.25) is 0 Å². The van der Waals surface area contributed by atoms with Crippen molar-refractivity contribution in [3.63, 3.8) is 0 Å². The molecule has 2 amide bonds. The van der Waals surface area contributed by atoms with Crippen molar-refractivity contribution in [1.82, 2.24) is 10.6 Å². The Bertz CT molecular complexity index is 650. The number of halogens is 1. The first kappa shape index (κ1) is 21.1. The normalized spacial score (nSPS) is 9.92. The first-order valence-corrected chi connectivity index (χ1v) is 8.04. The van der Waals surface area contributed by atoms with Crippen LogP contribution in [0.4, 0.5) is 4.39 Å². The van der Waals surface area contributed by atoms with Gasteiger partial charge in [-0.3, -0.25) is 19.2 Å². The molecule has 2 N–H and O–H groups in total. The minimum Gasteiger partial charge on any atom is -0.466 e. The van der Waals surface area contributed by atoms with Gasteiger partial charge in [-0.15, -0.1) is 0 Å². The van der Waals surface area contributed by atoms with E-state index in [0.717, 1.165) is 6.07 Å². The molecular formula is C17H21FN2O6. The maximum absolute atomic E-state index is 13.4. The molecule has 8 nitrogen and oxygen atoms in total. The Balaban J connectivity index is 2.17. The van der Waals surface area contributed by atoms with E-state index in [1.807, 2.05) is 0 Å². The van der Waals surface area contributed by atoms with E-state index in [4.69, 9.17) is 4.74 Å². The van der Waals surface area contributed by atoms with E-state index < -0.39 is 36.8 Å². The molecule has 1 aromatic rings. The third kappa shape index (κ3) is 8.22. The van der Waals surface area contributed by atoms with E-state index in [2.05, 4.69) is 15.4 Å². The fourth-order valence-corrected chi connectivity index (χ4v) is 1.83. The summed E-state index contributed by atoms with van der Waals surface area (Å²) >= 11 is 0. The van der Waals surface area contributed by atoms with Gasteiger partial charge in [-0.25, -0.2) is 4.39 Å². The van der Waals surface area contributed by atoms with Crippen LogP contribution >= 0.6 is 0 Å². The fourth-order valence-electron chi connectivity index (χ4n) is 1.83. The average Bonchev–Trinajstić information content (AvgIpc) is 2.62. The highest BCUT2D eigenvalue weighted by molar-refractivity contribution is 5.96. The number of ether oxygens (including phenoxy) is 2. The molecule has 0 fully saturated rings. The summed E-state index contributed by atoms with van der Waals surface area (Å²) in [6.45, 7) is 1.22. The average molecular weight is 368 g/mol. The number of esters is 2. The van der Waals surface area contributed by atoms with Gasteiger partial charge in [-0.1, -0.05) is 12.1 Å². The maximum atomic E-state index is 13.4. The standard InChI is InChI=1S/C17H21FN2O6/c1-2-25-15(22)8-5-9-19-14(21)11-26-16(23)10-20-17(24)12-6-3-4-7-13(12)18/h3-4,6-7H,2,5,8-11H2,1H3,(H,19,21)(H,20,24). The van der Waals surface area contributed by atoms with Crippen LogP contribution in [0, 0.1) is 5.82 Å². The van der Waals surface area contributed by atoms with Crippen LogP contribution in [0.1, 0.15) is 30.1 Å². The molecule has 9 heteroatoms. The molecule has 0 saturated heterocycles. The van der Waals surface area contributed by atoms with Crippen molar-refractivity contribution in [2.45, 2.75) is 19.8 Å². The van der Waals surface area contributed by atoms with Gasteiger partial charge >= 0.3 is 11.9 Å². The van der Waals surface area contributed by atoms with Gasteiger partial charge in [0.15, 0.2) is 6.61 Å². The smallest absolute Gasteiger partial charge is 0.325 e. The second-order valence-electron chi connectivity index (χ2n) is 5.08. The number of hydrogen-bond acceptors (Lipinski definition) is 6. The Morgan fingerprint density at radius 3 is 2.46 bits per heavy atom. The fraction of sp³-hybridized carbons (Fsp3) is 0.412. The number of rotatable bonds is 10. The largest absolute Gasteiger partial charge is 0.466 e. The second kappa shape index (κ2) is 11.6. The van der Waals surface area contributed by atoms with E-state index in [0.29, 0.717) is 13.0 Å². The quantitative estimate of drug-likeness (QED) is 0.461. The zero-order valence-electron chi connectivity index (χ0n) is 14.4. The number of benzene rings is 1. The van der Waals surface area contributed by atoms with Crippen molar-refractivity contribution in [1.29, 1.82) is 0 Å². The van der Waals surface area contributed by atoms with Crippen LogP contribution in [0.3, 0.4) is 0 Å². The Kier molecular flexibility index (Phi) is 9.37. The van der Waals surface area contributed by atoms with E-state index in [1.54, 1.807) is 6.92 Å². The van der Waals surface area contributed by atoms with Crippen LogP contribution in [-0.4, -0.2) is 50.1 Å². The first-order chi connectivity index (χ1) is 12.4. The van der Waals surface area contributed by atoms with Gasteiger partial charge in [0.1, 0.15) is 12.4 Å². The molecule has 0 saturated carbocycles. The monoisotopic (exact) mass is 368 g/mol. The van der Waals surface area contributed by atoms with Crippen LogP contribution in [0.2, 0.25) is 0 Å². The Morgan fingerprint density at radius 2 is 1.77 bits per heavy atom. The summed E-state index contributed by atoms with van der Waals surface area (Å²) in [6, 6.07) is 5.33.